The van der Waals surface area contributed by atoms with Crippen LogP contribution < -0.4 is 0 Å². The highest BCUT2D eigenvalue weighted by molar-refractivity contribution is 7.10. The highest BCUT2D eigenvalue weighted by Crippen LogP contribution is 2.44. The zero-order valence-electron chi connectivity index (χ0n) is 11.8. The van der Waals surface area contributed by atoms with Crippen LogP contribution in [0.5, 0.6) is 0 Å². The number of carbonyl (C=O) groups is 1. The van der Waals surface area contributed by atoms with Gasteiger partial charge in [-0.25, -0.2) is 9.78 Å². The van der Waals surface area contributed by atoms with Gasteiger partial charge in [0.25, 0.3) is 0 Å². The molecule has 1 aromatic carbocycles. The number of benzene rings is 1. The van der Waals surface area contributed by atoms with Gasteiger partial charge in [0.1, 0.15) is 11.1 Å². The van der Waals surface area contributed by atoms with Crippen molar-refractivity contribution in [1.82, 2.24) is 4.98 Å². The van der Waals surface area contributed by atoms with E-state index in [0.29, 0.717) is 12.5 Å². The van der Waals surface area contributed by atoms with Crippen molar-refractivity contribution in [2.75, 3.05) is 6.61 Å². The molecule has 0 radical (unpaired) electrons. The van der Waals surface area contributed by atoms with E-state index in [2.05, 4.69) is 4.98 Å². The minimum atomic E-state index is -0.919. The molecule has 0 saturated heterocycles. The van der Waals surface area contributed by atoms with Gasteiger partial charge in [0.2, 0.25) is 0 Å². The van der Waals surface area contributed by atoms with Crippen LogP contribution in [0.3, 0.4) is 0 Å². The number of aromatic carboxylic acids is 1. The summed E-state index contributed by atoms with van der Waals surface area (Å²) >= 11 is 1.59. The van der Waals surface area contributed by atoms with Crippen molar-refractivity contribution in [3.8, 4) is 11.3 Å². The molecule has 2 aromatic rings. The van der Waals surface area contributed by atoms with Gasteiger partial charge in [0, 0.05) is 17.6 Å². The molecule has 1 saturated carbocycles. The molecule has 1 aromatic heterocycles. The third kappa shape index (κ3) is 3.14. The Morgan fingerprint density at radius 3 is 3.00 bits per heavy atom. The average Bonchev–Trinajstić information content (AvgIpc) is 3.21. The van der Waals surface area contributed by atoms with Crippen LogP contribution in [0.1, 0.15) is 41.2 Å². The Morgan fingerprint density at radius 2 is 2.33 bits per heavy atom. The molecule has 1 atom stereocenters. The summed E-state index contributed by atoms with van der Waals surface area (Å²) in [4.78, 5) is 15.7. The number of thiazole rings is 1. The van der Waals surface area contributed by atoms with Crippen molar-refractivity contribution < 1.29 is 14.6 Å². The molecule has 1 N–H and O–H groups in total. The molecule has 3 rings (SSSR count). The highest BCUT2D eigenvalue weighted by atomic mass is 32.1. The quantitative estimate of drug-likeness (QED) is 0.876. The Morgan fingerprint density at radius 1 is 1.52 bits per heavy atom. The summed E-state index contributed by atoms with van der Waals surface area (Å²) in [5.41, 5.74) is 1.94. The number of ether oxygens (including phenoxy) is 1. The molecule has 1 heterocycles. The summed E-state index contributed by atoms with van der Waals surface area (Å²) < 4.78 is 5.82. The molecule has 110 valence electrons. The van der Waals surface area contributed by atoms with E-state index in [9.17, 15) is 4.79 Å². The van der Waals surface area contributed by atoms with Crippen LogP contribution >= 0.6 is 11.3 Å². The Labute approximate surface area is 127 Å². The van der Waals surface area contributed by atoms with Gasteiger partial charge in [-0.1, -0.05) is 12.1 Å². The third-order valence-corrected chi connectivity index (χ3v) is 4.47. The Kier molecular flexibility index (Phi) is 4.03. The first-order valence-electron chi connectivity index (χ1n) is 7.09. The number of hydrogen-bond donors (Lipinski definition) is 1. The maximum absolute atomic E-state index is 11.0. The van der Waals surface area contributed by atoms with Crippen molar-refractivity contribution in [3.63, 3.8) is 0 Å². The minimum absolute atomic E-state index is 0.0939. The number of aromatic nitrogens is 1. The number of hydrogen-bond acceptors (Lipinski definition) is 4. The Balaban J connectivity index is 1.87. The fourth-order valence-electron chi connectivity index (χ4n) is 2.35. The molecule has 1 fully saturated rings. The first-order chi connectivity index (χ1) is 10.2. The van der Waals surface area contributed by atoms with Crippen LogP contribution in [-0.2, 0) is 4.74 Å². The van der Waals surface area contributed by atoms with Gasteiger partial charge >= 0.3 is 5.97 Å². The van der Waals surface area contributed by atoms with E-state index in [0.717, 1.165) is 16.3 Å². The second kappa shape index (κ2) is 5.95. The second-order valence-electron chi connectivity index (χ2n) is 5.17. The topological polar surface area (TPSA) is 59.4 Å². The van der Waals surface area contributed by atoms with E-state index in [1.54, 1.807) is 29.5 Å². The van der Waals surface area contributed by atoms with Gasteiger partial charge < -0.3 is 9.84 Å². The molecule has 1 aliphatic carbocycles. The van der Waals surface area contributed by atoms with Crippen LogP contribution in [0.25, 0.3) is 11.3 Å². The summed E-state index contributed by atoms with van der Waals surface area (Å²) in [5, 5.41) is 12.0. The molecule has 21 heavy (non-hydrogen) atoms. The number of carboxylic acid groups (broad SMARTS) is 1. The van der Waals surface area contributed by atoms with Gasteiger partial charge in [-0.15, -0.1) is 11.3 Å². The zero-order valence-corrected chi connectivity index (χ0v) is 12.6. The number of carboxylic acids is 1. The first kappa shape index (κ1) is 14.2. The minimum Gasteiger partial charge on any atom is -0.478 e. The van der Waals surface area contributed by atoms with Crippen LogP contribution in [0.15, 0.2) is 29.6 Å². The van der Waals surface area contributed by atoms with E-state index in [-0.39, 0.29) is 11.7 Å². The lowest BCUT2D eigenvalue weighted by molar-refractivity contribution is 0.0462. The van der Waals surface area contributed by atoms with Crippen LogP contribution in [0.2, 0.25) is 0 Å². The maximum Gasteiger partial charge on any atom is 0.335 e. The van der Waals surface area contributed by atoms with E-state index >= 15 is 0 Å². The van der Waals surface area contributed by atoms with Crippen molar-refractivity contribution in [2.45, 2.75) is 25.9 Å². The van der Waals surface area contributed by atoms with Crippen molar-refractivity contribution in [1.29, 1.82) is 0 Å². The molecular weight excluding hydrogens is 286 g/mol. The second-order valence-corrected chi connectivity index (χ2v) is 6.06. The molecule has 0 amide bonds. The number of rotatable bonds is 6. The molecule has 0 bridgehead atoms. The van der Waals surface area contributed by atoms with E-state index < -0.39 is 5.97 Å². The third-order valence-electron chi connectivity index (χ3n) is 3.57. The van der Waals surface area contributed by atoms with Gasteiger partial charge in [-0.3, -0.25) is 0 Å². The van der Waals surface area contributed by atoms with Crippen LogP contribution in [0, 0.1) is 5.92 Å². The van der Waals surface area contributed by atoms with Gasteiger partial charge in [-0.05, 0) is 37.8 Å². The van der Waals surface area contributed by atoms with Crippen molar-refractivity contribution in [3.05, 3.63) is 40.2 Å². The lowest BCUT2D eigenvalue weighted by atomic mass is 10.1. The Bertz CT molecular complexity index is 648. The molecule has 1 unspecified atom stereocenters. The predicted octanol–water partition coefficient (Wildman–Crippen LogP) is 4.00. The summed E-state index contributed by atoms with van der Waals surface area (Å²) in [7, 11) is 0. The molecule has 4 nitrogen and oxygen atoms in total. The molecule has 5 heteroatoms. The molecule has 0 spiro atoms. The summed E-state index contributed by atoms with van der Waals surface area (Å²) in [6.45, 7) is 2.69. The highest BCUT2D eigenvalue weighted by Gasteiger charge is 2.34. The molecule has 1 aliphatic rings. The van der Waals surface area contributed by atoms with E-state index in [1.807, 2.05) is 18.4 Å². The van der Waals surface area contributed by atoms with E-state index in [4.69, 9.17) is 9.84 Å². The first-order valence-corrected chi connectivity index (χ1v) is 7.97. The van der Waals surface area contributed by atoms with Gasteiger partial charge in [-0.2, -0.15) is 0 Å². The maximum atomic E-state index is 11.0. The smallest absolute Gasteiger partial charge is 0.335 e. The fraction of sp³-hybridized carbons (Fsp3) is 0.375. The molecule has 0 aliphatic heterocycles. The normalized spacial score (nSPS) is 15.9. The fourth-order valence-corrected chi connectivity index (χ4v) is 3.32. The summed E-state index contributed by atoms with van der Waals surface area (Å²) in [6, 6.07) is 6.89. The lowest BCUT2D eigenvalue weighted by Gasteiger charge is -2.12. The Hall–Kier alpha value is -1.72. The summed E-state index contributed by atoms with van der Waals surface area (Å²) in [5.74, 6) is -0.327. The van der Waals surface area contributed by atoms with Crippen LogP contribution in [-0.4, -0.2) is 22.7 Å². The monoisotopic (exact) mass is 303 g/mol. The average molecular weight is 303 g/mol. The van der Waals surface area contributed by atoms with Crippen molar-refractivity contribution >= 4 is 17.3 Å². The zero-order chi connectivity index (χ0) is 14.8. The van der Waals surface area contributed by atoms with Gasteiger partial charge in [0.15, 0.2) is 0 Å². The summed E-state index contributed by atoms with van der Waals surface area (Å²) in [6.07, 6.45) is 2.50. The lowest BCUT2D eigenvalue weighted by Crippen LogP contribution is -2.06. The standard InChI is InChI=1S/C16H17NO3S/c1-2-20-14(10-6-7-10)15-17-13(9-21-15)11-4-3-5-12(8-11)16(18)19/h3-5,8-10,14H,2,6-7H2,1H3,(H,18,19). The largest absolute Gasteiger partial charge is 0.478 e. The molecular formula is C16H17NO3S. The SMILES string of the molecule is CCOC(c1nc(-c2cccc(C(=O)O)c2)cs1)C1CC1. The van der Waals surface area contributed by atoms with E-state index in [1.165, 1.54) is 12.8 Å². The van der Waals surface area contributed by atoms with Crippen molar-refractivity contribution in [2.24, 2.45) is 5.92 Å². The van der Waals surface area contributed by atoms with Gasteiger partial charge in [0.05, 0.1) is 11.3 Å². The number of nitrogens with zero attached hydrogens (tertiary/aromatic N) is 1. The predicted molar refractivity (Wildman–Crippen MR) is 81.6 cm³/mol. The van der Waals surface area contributed by atoms with Crippen LogP contribution in [0.4, 0.5) is 0 Å².